The smallest absolute Gasteiger partial charge is 0.107 e. The molecule has 2 aliphatic rings. The molecule has 1 unspecified atom stereocenters. The van der Waals surface area contributed by atoms with Crippen LogP contribution >= 0.6 is 11.3 Å². The molecule has 1 fully saturated rings. The molecule has 0 aromatic carbocycles. The highest BCUT2D eigenvalue weighted by molar-refractivity contribution is 7.11. The Morgan fingerprint density at radius 2 is 2.08 bits per heavy atom. The van der Waals surface area contributed by atoms with Crippen molar-refractivity contribution in [1.29, 1.82) is 0 Å². The summed E-state index contributed by atoms with van der Waals surface area (Å²) >= 11 is 1.94. The molecule has 0 radical (unpaired) electrons. The van der Waals surface area contributed by atoms with E-state index in [9.17, 15) is 5.11 Å². The molecule has 0 bridgehead atoms. The SMILES string of the molecule is CC(C)CCN1CCN(Cc2nc3c(s2)CCCC3)CC1CCO. The molecule has 1 aliphatic heterocycles. The van der Waals surface area contributed by atoms with Gasteiger partial charge in [0.1, 0.15) is 5.01 Å². The lowest BCUT2D eigenvalue weighted by Gasteiger charge is -2.41. The third-order valence-corrected chi connectivity index (χ3v) is 6.54. The fourth-order valence-electron chi connectivity index (χ4n) is 3.91. The normalized spacial score (nSPS) is 22.9. The number of aliphatic hydroxyl groups is 1. The molecule has 0 saturated carbocycles. The Balaban J connectivity index is 1.56. The zero-order valence-electron chi connectivity index (χ0n) is 15.3. The summed E-state index contributed by atoms with van der Waals surface area (Å²) in [5, 5.41) is 10.8. The minimum atomic E-state index is 0.294. The van der Waals surface area contributed by atoms with Gasteiger partial charge in [-0.2, -0.15) is 0 Å². The highest BCUT2D eigenvalue weighted by atomic mass is 32.1. The van der Waals surface area contributed by atoms with E-state index in [0.29, 0.717) is 12.6 Å². The van der Waals surface area contributed by atoms with Gasteiger partial charge in [0.05, 0.1) is 12.2 Å². The number of aliphatic hydroxyl groups excluding tert-OH is 1. The Morgan fingerprint density at radius 1 is 1.25 bits per heavy atom. The number of fused-ring (bicyclic) bond motifs is 1. The average molecular weight is 352 g/mol. The van der Waals surface area contributed by atoms with E-state index in [-0.39, 0.29) is 0 Å². The molecule has 1 aliphatic carbocycles. The molecule has 1 N–H and O–H groups in total. The molecule has 5 heteroatoms. The number of nitrogens with zero attached hydrogens (tertiary/aromatic N) is 3. The van der Waals surface area contributed by atoms with Gasteiger partial charge in [0.2, 0.25) is 0 Å². The Labute approximate surface area is 150 Å². The van der Waals surface area contributed by atoms with Crippen LogP contribution in [0, 0.1) is 5.92 Å². The topological polar surface area (TPSA) is 39.6 Å². The van der Waals surface area contributed by atoms with Crippen molar-refractivity contribution in [2.24, 2.45) is 5.92 Å². The van der Waals surface area contributed by atoms with Crippen LogP contribution in [0.5, 0.6) is 0 Å². The monoisotopic (exact) mass is 351 g/mol. The van der Waals surface area contributed by atoms with E-state index in [1.807, 2.05) is 11.3 Å². The summed E-state index contributed by atoms with van der Waals surface area (Å²) in [6, 6.07) is 0.497. The number of hydrogen-bond donors (Lipinski definition) is 1. The van der Waals surface area contributed by atoms with Crippen molar-refractivity contribution in [2.75, 3.05) is 32.8 Å². The predicted octanol–water partition coefficient (Wildman–Crippen LogP) is 2.94. The molecule has 24 heavy (non-hydrogen) atoms. The lowest BCUT2D eigenvalue weighted by Crippen LogP contribution is -2.53. The van der Waals surface area contributed by atoms with E-state index >= 15 is 0 Å². The third-order valence-electron chi connectivity index (χ3n) is 5.39. The maximum Gasteiger partial charge on any atom is 0.107 e. The number of rotatable bonds is 7. The van der Waals surface area contributed by atoms with Crippen molar-refractivity contribution in [2.45, 2.75) is 65.0 Å². The van der Waals surface area contributed by atoms with Crippen molar-refractivity contribution >= 4 is 11.3 Å². The second-order valence-electron chi connectivity index (χ2n) is 7.80. The molecule has 2 heterocycles. The van der Waals surface area contributed by atoms with Gasteiger partial charge in [0, 0.05) is 37.2 Å². The predicted molar refractivity (Wildman–Crippen MR) is 101 cm³/mol. The van der Waals surface area contributed by atoms with E-state index in [1.54, 1.807) is 4.88 Å². The first-order valence-corrected chi connectivity index (χ1v) is 10.5. The molecular weight excluding hydrogens is 318 g/mol. The molecule has 0 spiro atoms. The molecule has 3 rings (SSSR count). The molecule has 4 nitrogen and oxygen atoms in total. The van der Waals surface area contributed by atoms with Gasteiger partial charge in [-0.25, -0.2) is 4.98 Å². The van der Waals surface area contributed by atoms with Gasteiger partial charge in [-0.3, -0.25) is 9.80 Å². The van der Waals surface area contributed by atoms with Crippen molar-refractivity contribution in [3.63, 3.8) is 0 Å². The van der Waals surface area contributed by atoms with Gasteiger partial charge in [-0.15, -0.1) is 11.3 Å². The summed E-state index contributed by atoms with van der Waals surface area (Å²) in [4.78, 5) is 11.6. The number of aromatic nitrogens is 1. The van der Waals surface area contributed by atoms with Crippen LogP contribution in [0.2, 0.25) is 0 Å². The van der Waals surface area contributed by atoms with Gasteiger partial charge >= 0.3 is 0 Å². The van der Waals surface area contributed by atoms with Crippen LogP contribution in [0.1, 0.15) is 55.1 Å². The largest absolute Gasteiger partial charge is 0.396 e. The van der Waals surface area contributed by atoms with Crippen molar-refractivity contribution < 1.29 is 5.11 Å². The van der Waals surface area contributed by atoms with Crippen LogP contribution in [0.4, 0.5) is 0 Å². The number of thiazole rings is 1. The van der Waals surface area contributed by atoms with Gasteiger partial charge in [0.25, 0.3) is 0 Å². The van der Waals surface area contributed by atoms with Crippen LogP contribution in [-0.2, 0) is 19.4 Å². The van der Waals surface area contributed by atoms with Gasteiger partial charge < -0.3 is 5.11 Å². The lowest BCUT2D eigenvalue weighted by molar-refractivity contribution is 0.0523. The van der Waals surface area contributed by atoms with Crippen LogP contribution in [-0.4, -0.2) is 58.7 Å². The lowest BCUT2D eigenvalue weighted by atomic mass is 10.0. The molecule has 1 saturated heterocycles. The minimum absolute atomic E-state index is 0.294. The number of hydrogen-bond acceptors (Lipinski definition) is 5. The van der Waals surface area contributed by atoms with E-state index in [0.717, 1.165) is 38.5 Å². The van der Waals surface area contributed by atoms with Crippen molar-refractivity contribution in [1.82, 2.24) is 14.8 Å². The second-order valence-corrected chi connectivity index (χ2v) is 8.97. The first kappa shape index (κ1) is 18.3. The quantitative estimate of drug-likeness (QED) is 0.820. The van der Waals surface area contributed by atoms with E-state index in [1.165, 1.54) is 49.4 Å². The zero-order valence-corrected chi connectivity index (χ0v) is 16.2. The Kier molecular flexibility index (Phi) is 6.67. The summed E-state index contributed by atoms with van der Waals surface area (Å²) in [6.45, 7) is 10.4. The highest BCUT2D eigenvalue weighted by Crippen LogP contribution is 2.28. The van der Waals surface area contributed by atoms with Crippen LogP contribution < -0.4 is 0 Å². The van der Waals surface area contributed by atoms with Crippen molar-refractivity contribution in [3.8, 4) is 0 Å². The molecule has 1 atom stereocenters. The van der Waals surface area contributed by atoms with E-state index in [2.05, 4.69) is 23.6 Å². The molecule has 1 aromatic rings. The first-order valence-electron chi connectivity index (χ1n) is 9.70. The van der Waals surface area contributed by atoms with Crippen LogP contribution in [0.25, 0.3) is 0 Å². The van der Waals surface area contributed by atoms with Gasteiger partial charge in [-0.1, -0.05) is 13.8 Å². The number of piperazine rings is 1. The Morgan fingerprint density at radius 3 is 2.83 bits per heavy atom. The summed E-state index contributed by atoms with van der Waals surface area (Å²) in [5.74, 6) is 0.749. The van der Waals surface area contributed by atoms with Crippen molar-refractivity contribution in [3.05, 3.63) is 15.6 Å². The summed E-state index contributed by atoms with van der Waals surface area (Å²) in [6.07, 6.45) is 7.21. The van der Waals surface area contributed by atoms with Gasteiger partial charge in [0.15, 0.2) is 0 Å². The number of aryl methyl sites for hydroxylation is 2. The summed E-state index contributed by atoms with van der Waals surface area (Å²) in [7, 11) is 0. The molecule has 0 amide bonds. The van der Waals surface area contributed by atoms with E-state index in [4.69, 9.17) is 4.98 Å². The summed E-state index contributed by atoms with van der Waals surface area (Å²) < 4.78 is 0. The van der Waals surface area contributed by atoms with E-state index < -0.39 is 0 Å². The van der Waals surface area contributed by atoms with Gasteiger partial charge in [-0.05, 0) is 51.0 Å². The first-order chi connectivity index (χ1) is 11.7. The standard InChI is InChI=1S/C19H33N3OS/c1-15(2)7-9-22-11-10-21(13-16(22)8-12-23)14-19-20-17-5-3-4-6-18(17)24-19/h15-16,23H,3-14H2,1-2H3. The highest BCUT2D eigenvalue weighted by Gasteiger charge is 2.27. The fourth-order valence-corrected chi connectivity index (χ4v) is 5.11. The molecule has 136 valence electrons. The van der Waals surface area contributed by atoms with Crippen LogP contribution in [0.15, 0.2) is 0 Å². The maximum atomic E-state index is 9.44. The minimum Gasteiger partial charge on any atom is -0.396 e. The fraction of sp³-hybridized carbons (Fsp3) is 0.842. The Hall–Kier alpha value is -0.490. The average Bonchev–Trinajstić information content (AvgIpc) is 2.96. The van der Waals surface area contributed by atoms with Crippen LogP contribution in [0.3, 0.4) is 0 Å². The molecule has 1 aromatic heterocycles. The molecular formula is C19H33N3OS. The zero-order chi connectivity index (χ0) is 16.9. The second kappa shape index (κ2) is 8.75. The Bertz CT molecular complexity index is 493. The maximum absolute atomic E-state index is 9.44. The third kappa shape index (κ3) is 4.78. The summed E-state index contributed by atoms with van der Waals surface area (Å²) in [5.41, 5.74) is 1.38.